The van der Waals surface area contributed by atoms with Crippen molar-refractivity contribution in [2.24, 2.45) is 0 Å². The fourth-order valence-electron chi connectivity index (χ4n) is 11.7. The highest BCUT2D eigenvalue weighted by atomic mass is 16.3. The zero-order valence-corrected chi connectivity index (χ0v) is 39.4. The predicted octanol–water partition coefficient (Wildman–Crippen LogP) is 14.9. The highest BCUT2D eigenvalue weighted by Gasteiger charge is 2.50. The van der Waals surface area contributed by atoms with E-state index in [0.29, 0.717) is 0 Å². The van der Waals surface area contributed by atoms with Crippen LogP contribution < -0.4 is 15.9 Å². The predicted molar refractivity (Wildman–Crippen MR) is 268 cm³/mol. The third-order valence-corrected chi connectivity index (χ3v) is 15.5. The van der Waals surface area contributed by atoms with Gasteiger partial charge in [0.2, 0.25) is 0 Å². The van der Waals surface area contributed by atoms with Crippen LogP contribution in [0.5, 0.6) is 0 Å². The van der Waals surface area contributed by atoms with Crippen molar-refractivity contribution in [2.75, 3.05) is 4.81 Å². The second-order valence-corrected chi connectivity index (χ2v) is 23.7. The van der Waals surface area contributed by atoms with E-state index in [9.17, 15) is 0 Å². The normalized spacial score (nSPS) is 16.7. The maximum absolute atomic E-state index is 7.46. The molecular formula is C58H59BN2O2. The Bertz CT molecular complexity index is 3460. The second kappa shape index (κ2) is 12.1. The Morgan fingerprint density at radius 2 is 1.16 bits per heavy atom. The van der Waals surface area contributed by atoms with Gasteiger partial charge >= 0.3 is 6.85 Å². The summed E-state index contributed by atoms with van der Waals surface area (Å²) in [5.74, 6) is 0. The summed E-state index contributed by atoms with van der Waals surface area (Å²) < 4.78 is 17.3. The van der Waals surface area contributed by atoms with E-state index in [-0.39, 0.29) is 33.9 Å². The maximum atomic E-state index is 7.46. The summed E-state index contributed by atoms with van der Waals surface area (Å²) in [4.78, 5) is 2.66. The lowest BCUT2D eigenvalue weighted by Gasteiger charge is -2.46. The molecule has 0 amide bonds. The molecular weight excluding hydrogens is 767 g/mol. The summed E-state index contributed by atoms with van der Waals surface area (Å²) in [6, 6.07) is 37.4. The number of para-hydroxylation sites is 1. The van der Waals surface area contributed by atoms with E-state index < -0.39 is 0 Å². The van der Waals surface area contributed by atoms with Gasteiger partial charge in [-0.25, -0.2) is 0 Å². The molecule has 5 heteroatoms. The van der Waals surface area contributed by atoms with Crippen LogP contribution in [0.15, 0.2) is 106 Å². The number of benzene rings is 6. The summed E-state index contributed by atoms with van der Waals surface area (Å²) >= 11 is 0. The highest BCUT2D eigenvalue weighted by molar-refractivity contribution is 6.93. The Hall–Kier alpha value is -5.68. The summed E-state index contributed by atoms with van der Waals surface area (Å²) in [7, 11) is 0. The number of nitrogens with zero attached hydrogens (tertiary/aromatic N) is 2. The molecule has 316 valence electrons. The van der Waals surface area contributed by atoms with Crippen LogP contribution in [0.2, 0.25) is 0 Å². The van der Waals surface area contributed by atoms with E-state index >= 15 is 0 Å². The van der Waals surface area contributed by atoms with Gasteiger partial charge in [-0.05, 0) is 133 Å². The van der Waals surface area contributed by atoms with Crippen LogP contribution in [-0.4, -0.2) is 11.4 Å². The lowest BCUT2D eigenvalue weighted by Crippen LogP contribution is -2.60. The molecule has 0 fully saturated rings. The van der Waals surface area contributed by atoms with Crippen molar-refractivity contribution in [3.8, 4) is 16.8 Å². The lowest BCUT2D eigenvalue weighted by molar-refractivity contribution is 0.332. The molecule has 63 heavy (non-hydrogen) atoms. The van der Waals surface area contributed by atoms with E-state index in [0.717, 1.165) is 51.7 Å². The van der Waals surface area contributed by atoms with Gasteiger partial charge in [-0.2, -0.15) is 0 Å². The van der Waals surface area contributed by atoms with Gasteiger partial charge in [0, 0.05) is 38.5 Å². The molecule has 0 spiro atoms. The third-order valence-electron chi connectivity index (χ3n) is 15.5. The van der Waals surface area contributed by atoms with Crippen molar-refractivity contribution in [2.45, 2.75) is 130 Å². The molecule has 9 aromatic rings. The Kier molecular flexibility index (Phi) is 7.49. The number of rotatable bonds is 1. The van der Waals surface area contributed by atoms with Gasteiger partial charge in [0.05, 0.1) is 22.1 Å². The summed E-state index contributed by atoms with van der Waals surface area (Å²) in [6.45, 7) is 30.3. The molecule has 0 N–H and O–H groups in total. The van der Waals surface area contributed by atoms with Crippen LogP contribution in [-0.2, 0) is 27.1 Å². The SMILES string of the molecule is CC(C)(C)c1ccc(N2B3c4oc5ccc(C(C)(C)C)cc5c4-n4c5ccc(C(C)(C)C)cc5c5c6oc7ccccc7c6c(c3c54)-c3cc4c(cc32)C(C)(C)CCC4(C)C)cc1. The van der Waals surface area contributed by atoms with Crippen LogP contribution in [0.3, 0.4) is 0 Å². The first-order valence-electron chi connectivity index (χ1n) is 23.3. The number of aromatic nitrogens is 1. The highest BCUT2D eigenvalue weighted by Crippen LogP contribution is 2.56. The minimum Gasteiger partial charge on any atom is -0.466 e. The number of hydrogen-bond acceptors (Lipinski definition) is 3. The van der Waals surface area contributed by atoms with Gasteiger partial charge in [-0.3, -0.25) is 0 Å². The summed E-state index contributed by atoms with van der Waals surface area (Å²) in [5, 5.41) is 5.91. The molecule has 0 unspecified atom stereocenters. The molecule has 0 saturated carbocycles. The molecule has 6 aromatic carbocycles. The van der Waals surface area contributed by atoms with Crippen molar-refractivity contribution in [3.63, 3.8) is 0 Å². The van der Waals surface area contributed by atoms with Crippen molar-refractivity contribution in [1.82, 2.24) is 4.57 Å². The first kappa shape index (κ1) is 39.0. The quantitative estimate of drug-likeness (QED) is 0.155. The topological polar surface area (TPSA) is 34.5 Å². The van der Waals surface area contributed by atoms with Crippen molar-refractivity contribution in [1.29, 1.82) is 0 Å². The van der Waals surface area contributed by atoms with Gasteiger partial charge in [-0.1, -0.05) is 132 Å². The Balaban J connectivity index is 1.35. The maximum Gasteiger partial charge on any atom is 0.376 e. The second-order valence-electron chi connectivity index (χ2n) is 23.7. The minimum absolute atomic E-state index is 0.0150. The van der Waals surface area contributed by atoms with Crippen molar-refractivity contribution >= 4 is 84.1 Å². The molecule has 0 atom stereocenters. The number of furan rings is 2. The van der Waals surface area contributed by atoms with E-state index in [2.05, 4.69) is 196 Å². The third kappa shape index (κ3) is 5.23. The van der Waals surface area contributed by atoms with Crippen LogP contribution in [0.1, 0.15) is 131 Å². The van der Waals surface area contributed by atoms with E-state index in [1.165, 1.54) is 83.0 Å². The zero-order chi connectivity index (χ0) is 44.1. The Labute approximate surface area is 372 Å². The molecule has 12 rings (SSSR count). The Morgan fingerprint density at radius 3 is 1.83 bits per heavy atom. The molecule has 1 aliphatic carbocycles. The number of anilines is 2. The van der Waals surface area contributed by atoms with Gasteiger partial charge < -0.3 is 18.2 Å². The number of fused-ring (bicyclic) bond motifs is 16. The molecule has 0 saturated heterocycles. The first-order chi connectivity index (χ1) is 29.6. The zero-order valence-electron chi connectivity index (χ0n) is 39.4. The Morgan fingerprint density at radius 1 is 0.571 bits per heavy atom. The molecule has 5 heterocycles. The first-order valence-corrected chi connectivity index (χ1v) is 23.3. The van der Waals surface area contributed by atoms with E-state index in [4.69, 9.17) is 8.83 Å². The van der Waals surface area contributed by atoms with Crippen LogP contribution in [0, 0.1) is 0 Å². The average Bonchev–Trinajstić information content (AvgIpc) is 3.90. The average molecular weight is 827 g/mol. The lowest BCUT2D eigenvalue weighted by atomic mass is 9.46. The fourth-order valence-corrected chi connectivity index (χ4v) is 11.7. The molecule has 3 aliphatic rings. The van der Waals surface area contributed by atoms with Crippen molar-refractivity contribution in [3.05, 3.63) is 125 Å². The van der Waals surface area contributed by atoms with Gasteiger partial charge in [0.1, 0.15) is 22.4 Å². The van der Waals surface area contributed by atoms with Crippen LogP contribution in [0.25, 0.3) is 71.5 Å². The molecule has 2 aliphatic heterocycles. The molecule has 4 nitrogen and oxygen atoms in total. The smallest absolute Gasteiger partial charge is 0.376 e. The largest absolute Gasteiger partial charge is 0.466 e. The molecule has 0 radical (unpaired) electrons. The summed E-state index contributed by atoms with van der Waals surface area (Å²) in [6.07, 6.45) is 2.29. The van der Waals surface area contributed by atoms with Crippen molar-refractivity contribution < 1.29 is 8.83 Å². The van der Waals surface area contributed by atoms with E-state index in [1.807, 2.05) is 0 Å². The fraction of sp³-hybridized carbons (Fsp3) is 0.345. The minimum atomic E-state index is -0.259. The molecule has 3 aromatic heterocycles. The monoisotopic (exact) mass is 826 g/mol. The molecule has 0 bridgehead atoms. The summed E-state index contributed by atoms with van der Waals surface area (Å²) in [5.41, 5.74) is 20.3. The van der Waals surface area contributed by atoms with Gasteiger partial charge in [0.15, 0.2) is 0 Å². The number of hydrogen-bond donors (Lipinski definition) is 0. The van der Waals surface area contributed by atoms with E-state index in [1.54, 1.807) is 0 Å². The standard InChI is InChI=1S/C58H59BN2O2/c1-54(2,3)32-18-22-35(23-19-32)61-43-31-41-40(57(10,11)26-27-58(41,12)13)30-38(43)46-47-36-16-14-15-17-44(36)62-52(47)48-37-28-33(55(4,5)6)20-24-42(37)60-50-39-29-34(56(7,8)9)21-25-45(39)63-53(50)59(61)49(46)51(48)60/h14-25,28-31H,26-27H2,1-13H3. The van der Waals surface area contributed by atoms with Crippen LogP contribution in [0.4, 0.5) is 11.4 Å². The van der Waals surface area contributed by atoms with Crippen LogP contribution >= 0.6 is 0 Å². The van der Waals surface area contributed by atoms with Gasteiger partial charge in [-0.15, -0.1) is 0 Å². The van der Waals surface area contributed by atoms with Gasteiger partial charge in [0.25, 0.3) is 0 Å².